The SMILES string of the molecule is COC1CC(O[C@H]2CC[C@@]3(C)C(=CC[C@]4(O)C3C[C@@H](OC(=O)/C=C(\C)C(C)C)[C@@]3(C)[C@]4(O)CC[C@@]3(O)C(C)=O)C2)OC(C)C1OC1C[C@H](OC)[C@H](OC2CC(OC)C(O)[C@@H](C)O2)[C@@H](C)O1. The second-order valence-corrected chi connectivity index (χ2v) is 21.0. The molecule has 0 amide bonds. The number of hydrogen-bond acceptors (Lipinski definition) is 16. The van der Waals surface area contributed by atoms with Gasteiger partial charge in [-0.2, -0.15) is 0 Å². The zero-order chi connectivity index (χ0) is 47.6. The number of aliphatic hydroxyl groups excluding tert-OH is 1. The fourth-order valence-corrected chi connectivity index (χ4v) is 12.9. The number of hydrogen-bond donors (Lipinski definition) is 4. The largest absolute Gasteiger partial charge is 0.458 e. The second-order valence-electron chi connectivity index (χ2n) is 21.0. The van der Waals surface area contributed by atoms with Crippen molar-refractivity contribution in [3.05, 3.63) is 23.3 Å². The Morgan fingerprint density at radius 2 is 1.31 bits per heavy atom. The van der Waals surface area contributed by atoms with E-state index in [1.165, 1.54) is 13.0 Å². The first-order valence-corrected chi connectivity index (χ1v) is 24.0. The fourth-order valence-electron chi connectivity index (χ4n) is 12.9. The van der Waals surface area contributed by atoms with Crippen molar-refractivity contribution < 1.29 is 77.4 Å². The van der Waals surface area contributed by atoms with Gasteiger partial charge >= 0.3 is 5.97 Å². The summed E-state index contributed by atoms with van der Waals surface area (Å²) in [5.41, 5.74) is -6.04. The molecule has 0 spiro atoms. The van der Waals surface area contributed by atoms with Crippen LogP contribution < -0.4 is 0 Å². The van der Waals surface area contributed by atoms with Crippen LogP contribution >= 0.6 is 0 Å². The molecule has 7 rings (SSSR count). The van der Waals surface area contributed by atoms with Crippen LogP contribution in [0.3, 0.4) is 0 Å². The van der Waals surface area contributed by atoms with Gasteiger partial charge in [-0.15, -0.1) is 0 Å². The third-order valence-electron chi connectivity index (χ3n) is 17.4. The predicted octanol–water partition coefficient (Wildman–Crippen LogP) is 4.59. The van der Waals surface area contributed by atoms with Crippen LogP contribution in [0, 0.1) is 22.7 Å². The number of rotatable bonds is 13. The van der Waals surface area contributed by atoms with E-state index in [1.807, 2.05) is 40.7 Å². The minimum absolute atomic E-state index is 0.0276. The van der Waals surface area contributed by atoms with E-state index in [-0.39, 0.29) is 49.9 Å². The first-order valence-electron chi connectivity index (χ1n) is 24.0. The van der Waals surface area contributed by atoms with Gasteiger partial charge in [-0.05, 0) is 97.8 Å². The monoisotopic (exact) mass is 923 g/mol. The first-order chi connectivity index (χ1) is 30.5. The molecule has 3 heterocycles. The van der Waals surface area contributed by atoms with Gasteiger partial charge in [0.1, 0.15) is 41.2 Å². The Morgan fingerprint density at radius 3 is 1.85 bits per heavy atom. The summed E-state index contributed by atoms with van der Waals surface area (Å²) >= 11 is 0. The molecule has 0 radical (unpaired) electrons. The number of Topliss-reactive ketones (excluding diaryl/α,β-unsaturated/α-hetero) is 1. The first kappa shape index (κ1) is 51.0. The van der Waals surface area contributed by atoms with Gasteiger partial charge < -0.3 is 67.8 Å². The van der Waals surface area contributed by atoms with Gasteiger partial charge in [0.15, 0.2) is 24.7 Å². The lowest BCUT2D eigenvalue weighted by Crippen LogP contribution is -2.78. The fraction of sp³-hybridized carbons (Fsp3) is 0.878. The Balaban J connectivity index is 1.01. The van der Waals surface area contributed by atoms with Crippen LogP contribution in [0.25, 0.3) is 0 Å². The van der Waals surface area contributed by atoms with E-state index in [9.17, 15) is 30.0 Å². The Labute approximate surface area is 384 Å². The van der Waals surface area contributed by atoms with Crippen LogP contribution in [-0.2, 0) is 57.0 Å². The number of carbonyl (C=O) groups is 2. The molecule has 65 heavy (non-hydrogen) atoms. The number of fused-ring (bicyclic) bond motifs is 5. The molecule has 9 unspecified atom stereocenters. The molecule has 3 saturated carbocycles. The Hall–Kier alpha value is -1.90. The molecular formula is C49H78O16. The highest BCUT2D eigenvalue weighted by Gasteiger charge is 2.81. The topological polar surface area (TPSA) is 207 Å². The van der Waals surface area contributed by atoms with Crippen molar-refractivity contribution in [1.82, 2.24) is 0 Å². The summed E-state index contributed by atoms with van der Waals surface area (Å²) in [5.74, 6) is -1.59. The smallest absolute Gasteiger partial charge is 0.330 e. The van der Waals surface area contributed by atoms with E-state index in [1.54, 1.807) is 35.2 Å². The molecule has 370 valence electrons. The predicted molar refractivity (Wildman–Crippen MR) is 234 cm³/mol. The van der Waals surface area contributed by atoms with E-state index in [2.05, 4.69) is 6.92 Å². The van der Waals surface area contributed by atoms with Crippen LogP contribution in [0.1, 0.15) is 127 Å². The summed E-state index contributed by atoms with van der Waals surface area (Å²) in [6.07, 6.45) is -0.620. The summed E-state index contributed by atoms with van der Waals surface area (Å²) in [4.78, 5) is 26.8. The number of ether oxygens (including phenoxy) is 10. The molecule has 6 fully saturated rings. The molecule has 0 bridgehead atoms. The second kappa shape index (κ2) is 19.1. The Morgan fingerprint density at radius 1 is 0.769 bits per heavy atom. The lowest BCUT2D eigenvalue weighted by molar-refractivity contribution is -0.338. The maximum atomic E-state index is 13.5. The van der Waals surface area contributed by atoms with Gasteiger partial charge in [0.05, 0.1) is 48.1 Å². The number of esters is 1. The van der Waals surface area contributed by atoms with Gasteiger partial charge in [0.2, 0.25) is 0 Å². The average molecular weight is 923 g/mol. The van der Waals surface area contributed by atoms with Crippen LogP contribution in [-0.4, -0.2) is 156 Å². The molecule has 0 aromatic rings. The minimum Gasteiger partial charge on any atom is -0.458 e. The van der Waals surface area contributed by atoms with Crippen molar-refractivity contribution >= 4 is 11.8 Å². The zero-order valence-electron chi connectivity index (χ0n) is 40.7. The maximum absolute atomic E-state index is 13.5. The van der Waals surface area contributed by atoms with E-state index in [4.69, 9.17) is 47.4 Å². The van der Waals surface area contributed by atoms with E-state index in [0.29, 0.717) is 38.5 Å². The summed E-state index contributed by atoms with van der Waals surface area (Å²) < 4.78 is 62.1. The van der Waals surface area contributed by atoms with Crippen molar-refractivity contribution in [3.63, 3.8) is 0 Å². The summed E-state index contributed by atoms with van der Waals surface area (Å²) in [7, 11) is 4.84. The standard InChI is InChI=1S/C49H78O16/c1-25(2)26(3)19-38(51)63-37-24-36-45(8)15-14-32(20-31(45)13-16-48(36,54)49(55)18-17-47(53,30(7)50)46(37,49)9)62-39-22-34(57-11)43(28(5)60-39)65-41-23-35(58-12)44(29(6)61-41)64-40-21-33(56-10)42(52)27(4)59-40/h13,19,25,27-29,32-37,39-44,52-55H,14-18,20-24H2,1-12H3/b26-19+/t27-,28?,29-,32+,33?,34?,35+,36?,37-,39?,40?,41?,42?,43?,44-,45+,46-,47-,48+,49-/m1/s1. The number of methoxy groups -OCH3 is 3. The number of allylic oxidation sites excluding steroid dienone is 1. The third kappa shape index (κ3) is 8.75. The molecule has 16 heteroatoms. The lowest BCUT2D eigenvalue weighted by Gasteiger charge is -2.67. The van der Waals surface area contributed by atoms with Crippen molar-refractivity contribution in [3.8, 4) is 0 Å². The van der Waals surface area contributed by atoms with Crippen LogP contribution in [0.15, 0.2) is 23.3 Å². The highest BCUT2D eigenvalue weighted by Crippen LogP contribution is 2.71. The normalized spacial score (nSPS) is 49.1. The Kier molecular flexibility index (Phi) is 15.0. The van der Waals surface area contributed by atoms with Crippen molar-refractivity contribution in [2.24, 2.45) is 22.7 Å². The average Bonchev–Trinajstić information content (AvgIpc) is 3.48. The van der Waals surface area contributed by atoms with Gasteiger partial charge in [-0.1, -0.05) is 38.0 Å². The summed E-state index contributed by atoms with van der Waals surface area (Å²) in [6, 6.07) is 0. The summed E-state index contributed by atoms with van der Waals surface area (Å²) in [5, 5.41) is 48.3. The van der Waals surface area contributed by atoms with Gasteiger partial charge in [0, 0.05) is 52.6 Å². The summed E-state index contributed by atoms with van der Waals surface area (Å²) in [6.45, 7) is 16.4. The van der Waals surface area contributed by atoms with E-state index >= 15 is 0 Å². The van der Waals surface area contributed by atoms with Crippen LogP contribution in [0.5, 0.6) is 0 Å². The molecule has 7 aliphatic rings. The molecule has 0 aromatic heterocycles. The highest BCUT2D eigenvalue weighted by atomic mass is 16.7. The van der Waals surface area contributed by atoms with Gasteiger partial charge in [0.25, 0.3) is 0 Å². The highest BCUT2D eigenvalue weighted by molar-refractivity contribution is 5.87. The van der Waals surface area contributed by atoms with Crippen molar-refractivity contribution in [2.45, 2.75) is 229 Å². The number of carbonyl (C=O) groups excluding carboxylic acids is 2. The minimum atomic E-state index is -2.02. The van der Waals surface area contributed by atoms with E-state index in [0.717, 1.165) is 11.1 Å². The number of ketones is 1. The molecule has 3 aliphatic heterocycles. The van der Waals surface area contributed by atoms with Gasteiger partial charge in [-0.3, -0.25) is 4.79 Å². The molecule has 0 aromatic carbocycles. The molecule has 4 N–H and O–H groups in total. The zero-order valence-corrected chi connectivity index (χ0v) is 40.7. The quantitative estimate of drug-likeness (QED) is 0.113. The molecule has 3 saturated heterocycles. The van der Waals surface area contributed by atoms with E-state index < -0.39 is 113 Å². The van der Waals surface area contributed by atoms with Gasteiger partial charge in [-0.25, -0.2) is 4.79 Å². The lowest BCUT2D eigenvalue weighted by atomic mass is 9.42. The van der Waals surface area contributed by atoms with Crippen LogP contribution in [0.4, 0.5) is 0 Å². The van der Waals surface area contributed by atoms with Crippen LogP contribution in [0.2, 0.25) is 0 Å². The Bertz CT molecular complexity index is 1790. The third-order valence-corrected chi connectivity index (χ3v) is 17.4. The number of aliphatic hydroxyl groups is 4. The molecular weight excluding hydrogens is 845 g/mol. The van der Waals surface area contributed by atoms with Crippen molar-refractivity contribution in [2.75, 3.05) is 21.3 Å². The maximum Gasteiger partial charge on any atom is 0.330 e. The molecule has 4 aliphatic carbocycles. The molecule has 20 atom stereocenters. The van der Waals surface area contributed by atoms with Crippen molar-refractivity contribution in [1.29, 1.82) is 0 Å². The molecule has 16 nitrogen and oxygen atoms in total.